The van der Waals surface area contributed by atoms with E-state index in [1.807, 2.05) is 6.07 Å². The Kier molecular flexibility index (Phi) is 8.15. The number of halogens is 1. The second-order valence-corrected chi connectivity index (χ2v) is 12.0. The summed E-state index contributed by atoms with van der Waals surface area (Å²) in [7, 11) is 0. The van der Waals surface area contributed by atoms with Crippen LogP contribution in [0.4, 0.5) is 4.39 Å². The van der Waals surface area contributed by atoms with Gasteiger partial charge in [-0.05, 0) is 81.6 Å². The number of aliphatic hydroxyl groups excluding tert-OH is 1. The standard InChI is InChI=1S/C34H35FN4O6/c1-33(32(42)37-13-4-14-40)19-44-30-25(33)17-27(39-29(30)20-6-8-23(35)9-7-20)34(2,43)18-38-31(41)22-15-21-5-3-12-36-28(21)26(16-22)45-24-10-11-24/h3,5-9,12,15-17,24,40,43H,4,10-11,13-14,18-19H2,1-2H3,(H,37,42)(H,38,41)/t33-,34-/m0/s1. The summed E-state index contributed by atoms with van der Waals surface area (Å²) < 4.78 is 25.9. The van der Waals surface area contributed by atoms with Gasteiger partial charge in [-0.25, -0.2) is 9.37 Å². The molecule has 11 heteroatoms. The summed E-state index contributed by atoms with van der Waals surface area (Å²) in [5.74, 6) is -0.255. The van der Waals surface area contributed by atoms with Gasteiger partial charge in [-0.3, -0.25) is 14.6 Å². The van der Waals surface area contributed by atoms with E-state index in [2.05, 4.69) is 15.6 Å². The van der Waals surface area contributed by atoms with Gasteiger partial charge in [0, 0.05) is 41.4 Å². The molecule has 0 spiro atoms. The van der Waals surface area contributed by atoms with Gasteiger partial charge in [0.1, 0.15) is 46.1 Å². The number of hydrogen-bond donors (Lipinski definition) is 4. The number of amides is 2. The number of aliphatic hydroxyl groups is 2. The van der Waals surface area contributed by atoms with Gasteiger partial charge in [0.05, 0.1) is 18.3 Å². The highest BCUT2D eigenvalue weighted by Crippen LogP contribution is 2.45. The Morgan fingerprint density at radius 2 is 1.93 bits per heavy atom. The van der Waals surface area contributed by atoms with Crippen molar-refractivity contribution < 1.29 is 33.7 Å². The molecule has 234 valence electrons. The number of pyridine rings is 2. The van der Waals surface area contributed by atoms with Crippen molar-refractivity contribution in [2.45, 2.75) is 50.2 Å². The van der Waals surface area contributed by atoms with Crippen LogP contribution >= 0.6 is 0 Å². The number of carbonyl (C=O) groups is 2. The van der Waals surface area contributed by atoms with Gasteiger partial charge in [0.25, 0.3) is 5.91 Å². The molecular formula is C34H35FN4O6. The van der Waals surface area contributed by atoms with E-state index in [9.17, 15) is 19.1 Å². The smallest absolute Gasteiger partial charge is 0.251 e. The van der Waals surface area contributed by atoms with Crippen LogP contribution in [0.5, 0.6) is 11.5 Å². The number of fused-ring (bicyclic) bond motifs is 2. The lowest BCUT2D eigenvalue weighted by Gasteiger charge is -2.27. The lowest BCUT2D eigenvalue weighted by molar-refractivity contribution is -0.126. The van der Waals surface area contributed by atoms with E-state index >= 15 is 0 Å². The summed E-state index contributed by atoms with van der Waals surface area (Å²) in [6, 6.07) is 14.4. The molecule has 1 fully saturated rings. The SMILES string of the molecule is C[C@](O)(CNC(=O)c1cc(OC2CC2)c2ncccc2c1)c1cc2c(c(-c3ccc(F)cc3)n1)OC[C@]2(C)C(=O)NCCCO. The summed E-state index contributed by atoms with van der Waals surface area (Å²) in [5, 5.41) is 27.3. The van der Waals surface area contributed by atoms with Gasteiger partial charge in [0.2, 0.25) is 5.91 Å². The van der Waals surface area contributed by atoms with Crippen LogP contribution in [0.2, 0.25) is 0 Å². The minimum Gasteiger partial charge on any atom is -0.489 e. The Balaban J connectivity index is 1.31. The molecule has 1 aliphatic carbocycles. The number of benzene rings is 2. The fourth-order valence-electron chi connectivity index (χ4n) is 5.32. The number of rotatable bonds is 11. The first kappa shape index (κ1) is 30.4. The Hall–Kier alpha value is -4.61. The van der Waals surface area contributed by atoms with Crippen molar-refractivity contribution in [1.29, 1.82) is 0 Å². The highest BCUT2D eigenvalue weighted by Gasteiger charge is 2.46. The fourth-order valence-corrected chi connectivity index (χ4v) is 5.32. The average Bonchev–Trinajstić information content (AvgIpc) is 3.79. The number of hydrogen-bond acceptors (Lipinski definition) is 8. The molecular weight excluding hydrogens is 579 g/mol. The Morgan fingerprint density at radius 1 is 1.16 bits per heavy atom. The molecule has 4 aromatic rings. The predicted molar refractivity (Wildman–Crippen MR) is 164 cm³/mol. The molecule has 0 bridgehead atoms. The molecule has 45 heavy (non-hydrogen) atoms. The topological polar surface area (TPSA) is 143 Å². The Labute approximate surface area is 259 Å². The van der Waals surface area contributed by atoms with Crippen LogP contribution in [0.15, 0.2) is 60.8 Å². The first-order valence-corrected chi connectivity index (χ1v) is 15.0. The summed E-state index contributed by atoms with van der Waals surface area (Å²) in [4.78, 5) is 35.9. The van der Waals surface area contributed by atoms with Gasteiger partial charge >= 0.3 is 0 Å². The maximum absolute atomic E-state index is 13.8. The number of carbonyl (C=O) groups excluding carboxylic acids is 2. The van der Waals surface area contributed by atoms with Crippen LogP contribution < -0.4 is 20.1 Å². The molecule has 3 heterocycles. The third kappa shape index (κ3) is 6.18. The van der Waals surface area contributed by atoms with Crippen molar-refractivity contribution >= 4 is 22.7 Å². The van der Waals surface area contributed by atoms with Crippen molar-refractivity contribution in [3.8, 4) is 22.8 Å². The minimum absolute atomic E-state index is 0.0214. The summed E-state index contributed by atoms with van der Waals surface area (Å²) in [6.07, 6.45) is 4.10. The number of aromatic nitrogens is 2. The third-order valence-corrected chi connectivity index (χ3v) is 8.21. The van der Waals surface area contributed by atoms with Crippen LogP contribution in [-0.4, -0.2) is 64.4 Å². The van der Waals surface area contributed by atoms with E-state index < -0.39 is 22.7 Å². The maximum atomic E-state index is 13.8. The molecule has 0 saturated heterocycles. The summed E-state index contributed by atoms with van der Waals surface area (Å²) in [6.45, 7) is 3.30. The van der Waals surface area contributed by atoms with Gasteiger partial charge in [-0.1, -0.05) is 6.07 Å². The van der Waals surface area contributed by atoms with Crippen LogP contribution in [0, 0.1) is 5.82 Å². The Morgan fingerprint density at radius 3 is 2.67 bits per heavy atom. The monoisotopic (exact) mass is 614 g/mol. The molecule has 6 rings (SSSR count). The minimum atomic E-state index is -1.68. The van der Waals surface area contributed by atoms with E-state index in [1.165, 1.54) is 19.1 Å². The second kappa shape index (κ2) is 12.1. The normalized spacial score (nSPS) is 18.5. The van der Waals surface area contributed by atoms with Gasteiger partial charge < -0.3 is 30.3 Å². The third-order valence-electron chi connectivity index (χ3n) is 8.21. The largest absolute Gasteiger partial charge is 0.489 e. The van der Waals surface area contributed by atoms with E-state index in [0.29, 0.717) is 45.8 Å². The van der Waals surface area contributed by atoms with Gasteiger partial charge in [-0.2, -0.15) is 0 Å². The molecule has 1 aliphatic heterocycles. The average molecular weight is 615 g/mol. The molecule has 10 nitrogen and oxygen atoms in total. The van der Waals surface area contributed by atoms with Crippen LogP contribution in [-0.2, 0) is 15.8 Å². The second-order valence-electron chi connectivity index (χ2n) is 12.0. The van der Waals surface area contributed by atoms with Crippen molar-refractivity contribution in [2.75, 3.05) is 26.3 Å². The molecule has 0 unspecified atom stereocenters. The lowest BCUT2D eigenvalue weighted by Crippen LogP contribution is -2.44. The van der Waals surface area contributed by atoms with Crippen LogP contribution in [0.3, 0.4) is 0 Å². The van der Waals surface area contributed by atoms with Gasteiger partial charge in [0.15, 0.2) is 0 Å². The first-order chi connectivity index (χ1) is 21.6. The lowest BCUT2D eigenvalue weighted by atomic mass is 9.81. The zero-order chi connectivity index (χ0) is 31.8. The van der Waals surface area contributed by atoms with Gasteiger partial charge in [-0.15, -0.1) is 0 Å². The van der Waals surface area contributed by atoms with E-state index in [0.717, 1.165) is 18.2 Å². The molecule has 2 aromatic heterocycles. The highest BCUT2D eigenvalue weighted by atomic mass is 19.1. The fraction of sp³-hybridized carbons (Fsp3) is 0.353. The molecule has 2 amide bonds. The molecule has 0 radical (unpaired) electrons. The number of ether oxygens (including phenoxy) is 2. The molecule has 2 atom stereocenters. The first-order valence-electron chi connectivity index (χ1n) is 15.0. The predicted octanol–water partition coefficient (Wildman–Crippen LogP) is 3.76. The Bertz CT molecular complexity index is 1760. The van der Waals surface area contributed by atoms with Crippen molar-refractivity contribution in [3.63, 3.8) is 0 Å². The maximum Gasteiger partial charge on any atom is 0.251 e. The van der Waals surface area contributed by atoms with Crippen LogP contribution in [0.1, 0.15) is 54.7 Å². The summed E-state index contributed by atoms with van der Waals surface area (Å²) >= 11 is 0. The van der Waals surface area contributed by atoms with E-state index in [1.54, 1.807) is 49.5 Å². The van der Waals surface area contributed by atoms with E-state index in [4.69, 9.17) is 19.6 Å². The number of nitrogens with zero attached hydrogens (tertiary/aromatic N) is 2. The summed E-state index contributed by atoms with van der Waals surface area (Å²) in [5.41, 5.74) is -0.205. The van der Waals surface area contributed by atoms with Crippen molar-refractivity contribution in [3.05, 3.63) is 83.4 Å². The van der Waals surface area contributed by atoms with Crippen molar-refractivity contribution in [2.24, 2.45) is 0 Å². The highest BCUT2D eigenvalue weighted by molar-refractivity contribution is 6.00. The quantitative estimate of drug-likeness (QED) is 0.187. The van der Waals surface area contributed by atoms with Crippen LogP contribution in [0.25, 0.3) is 22.2 Å². The van der Waals surface area contributed by atoms with Crippen molar-refractivity contribution in [1.82, 2.24) is 20.6 Å². The molecule has 2 aliphatic rings. The molecule has 4 N–H and O–H groups in total. The van der Waals surface area contributed by atoms with E-state index in [-0.39, 0.29) is 44.0 Å². The molecule has 2 aromatic carbocycles. The zero-order valence-electron chi connectivity index (χ0n) is 25.1. The number of nitrogens with one attached hydrogen (secondary N) is 2. The molecule has 1 saturated carbocycles. The zero-order valence-corrected chi connectivity index (χ0v) is 25.1.